The molecule has 0 aliphatic carbocycles. The fourth-order valence-electron chi connectivity index (χ4n) is 1.94. The van der Waals surface area contributed by atoms with Gasteiger partial charge >= 0.3 is 0 Å². The molecular weight excluding hydrogens is 340 g/mol. The minimum atomic E-state index is -0.330. The molecule has 1 amide bonds. The first kappa shape index (κ1) is 13.3. The summed E-state index contributed by atoms with van der Waals surface area (Å²) < 4.78 is 5.56. The maximum atomic E-state index is 12.1. The summed E-state index contributed by atoms with van der Waals surface area (Å²) in [6.07, 6.45) is 1.73. The summed E-state index contributed by atoms with van der Waals surface area (Å²) in [5.41, 5.74) is 1.38. The summed E-state index contributed by atoms with van der Waals surface area (Å²) in [6, 6.07) is 7.61. The number of fused-ring (bicyclic) bond motifs is 1. The van der Waals surface area contributed by atoms with Crippen LogP contribution in [0.25, 0.3) is 10.2 Å². The highest BCUT2D eigenvalue weighted by Gasteiger charge is 2.10. The fourth-order valence-corrected chi connectivity index (χ4v) is 3.74. The number of carbonyl (C=O) groups is 1. The SMILES string of the molecule is Cn1ccc(C(=O)N=c2sc3cccc(Br)c3n2C)n1. The van der Waals surface area contributed by atoms with Crippen molar-refractivity contribution in [1.82, 2.24) is 14.3 Å². The van der Waals surface area contributed by atoms with Gasteiger partial charge in [-0.1, -0.05) is 17.4 Å². The molecule has 1 aromatic carbocycles. The maximum Gasteiger partial charge on any atom is 0.300 e. The average Bonchev–Trinajstić information content (AvgIpc) is 2.96. The summed E-state index contributed by atoms with van der Waals surface area (Å²) in [5.74, 6) is -0.330. The van der Waals surface area contributed by atoms with Crippen molar-refractivity contribution in [2.45, 2.75) is 0 Å². The van der Waals surface area contributed by atoms with E-state index in [4.69, 9.17) is 0 Å². The third-order valence-electron chi connectivity index (χ3n) is 2.90. The molecule has 0 aliphatic heterocycles. The Morgan fingerprint density at radius 1 is 1.35 bits per heavy atom. The Kier molecular flexibility index (Phi) is 3.31. The van der Waals surface area contributed by atoms with Crippen LogP contribution in [0, 0.1) is 0 Å². The van der Waals surface area contributed by atoms with E-state index in [1.165, 1.54) is 11.3 Å². The zero-order chi connectivity index (χ0) is 14.3. The number of thiazole rings is 1. The van der Waals surface area contributed by atoms with E-state index in [2.05, 4.69) is 26.0 Å². The molecule has 2 aromatic heterocycles. The van der Waals surface area contributed by atoms with Gasteiger partial charge in [-0.05, 0) is 34.1 Å². The summed E-state index contributed by atoms with van der Waals surface area (Å²) >= 11 is 5.00. The van der Waals surface area contributed by atoms with E-state index >= 15 is 0 Å². The van der Waals surface area contributed by atoms with Crippen molar-refractivity contribution in [3.05, 3.63) is 45.4 Å². The van der Waals surface area contributed by atoms with E-state index < -0.39 is 0 Å². The second-order valence-electron chi connectivity index (χ2n) is 4.32. The Morgan fingerprint density at radius 3 is 2.80 bits per heavy atom. The molecule has 5 nitrogen and oxygen atoms in total. The first-order valence-electron chi connectivity index (χ1n) is 5.89. The molecule has 0 N–H and O–H groups in total. The van der Waals surface area contributed by atoms with Gasteiger partial charge in [0.25, 0.3) is 5.91 Å². The van der Waals surface area contributed by atoms with Crippen LogP contribution in [-0.4, -0.2) is 20.3 Å². The third-order valence-corrected chi connectivity index (χ3v) is 4.64. The molecule has 20 heavy (non-hydrogen) atoms. The van der Waals surface area contributed by atoms with E-state index in [1.54, 1.807) is 24.0 Å². The van der Waals surface area contributed by atoms with Crippen molar-refractivity contribution in [2.75, 3.05) is 0 Å². The Balaban J connectivity index is 2.15. The van der Waals surface area contributed by atoms with Crippen molar-refractivity contribution < 1.29 is 4.79 Å². The van der Waals surface area contributed by atoms with Gasteiger partial charge < -0.3 is 4.57 Å². The highest BCUT2D eigenvalue weighted by molar-refractivity contribution is 9.10. The van der Waals surface area contributed by atoms with Gasteiger partial charge in [0.05, 0.1) is 10.2 Å². The van der Waals surface area contributed by atoms with E-state index in [1.807, 2.05) is 29.8 Å². The predicted molar refractivity (Wildman–Crippen MR) is 81.6 cm³/mol. The van der Waals surface area contributed by atoms with Gasteiger partial charge in [0.1, 0.15) is 0 Å². The Bertz CT molecular complexity index is 874. The van der Waals surface area contributed by atoms with Gasteiger partial charge in [-0.15, -0.1) is 0 Å². The maximum absolute atomic E-state index is 12.1. The van der Waals surface area contributed by atoms with Crippen molar-refractivity contribution in [3.63, 3.8) is 0 Å². The first-order valence-corrected chi connectivity index (χ1v) is 7.50. The van der Waals surface area contributed by atoms with Gasteiger partial charge in [-0.2, -0.15) is 10.1 Å². The smallest absolute Gasteiger partial charge is 0.300 e. The number of carbonyl (C=O) groups excluding carboxylic acids is 1. The van der Waals surface area contributed by atoms with Crippen LogP contribution in [0.15, 0.2) is 39.9 Å². The number of hydrogen-bond donors (Lipinski definition) is 0. The van der Waals surface area contributed by atoms with Crippen molar-refractivity contribution in [3.8, 4) is 0 Å². The number of benzene rings is 1. The largest absolute Gasteiger partial charge is 0.318 e. The standard InChI is InChI=1S/C13H11BrN4OS/c1-17-7-6-9(16-17)12(19)15-13-18(2)11-8(14)4-3-5-10(11)20-13/h3-7H,1-2H3. The zero-order valence-electron chi connectivity index (χ0n) is 10.9. The van der Waals surface area contributed by atoms with E-state index in [9.17, 15) is 4.79 Å². The molecule has 7 heteroatoms. The van der Waals surface area contributed by atoms with Crippen LogP contribution in [-0.2, 0) is 14.1 Å². The van der Waals surface area contributed by atoms with Crippen LogP contribution >= 0.6 is 27.3 Å². The Morgan fingerprint density at radius 2 is 2.15 bits per heavy atom. The summed E-state index contributed by atoms with van der Waals surface area (Å²) in [4.78, 5) is 16.9. The quantitative estimate of drug-likeness (QED) is 0.676. The lowest BCUT2D eigenvalue weighted by Gasteiger charge is -1.97. The molecule has 0 fully saturated rings. The second-order valence-corrected chi connectivity index (χ2v) is 6.19. The van der Waals surface area contributed by atoms with Gasteiger partial charge in [0.15, 0.2) is 10.5 Å². The van der Waals surface area contributed by atoms with Crippen LogP contribution < -0.4 is 4.80 Å². The molecule has 102 valence electrons. The number of amides is 1. The minimum absolute atomic E-state index is 0.330. The van der Waals surface area contributed by atoms with Gasteiger partial charge in [0, 0.05) is 24.8 Å². The van der Waals surface area contributed by atoms with Crippen LogP contribution in [0.1, 0.15) is 10.5 Å². The van der Waals surface area contributed by atoms with Crippen molar-refractivity contribution in [1.29, 1.82) is 0 Å². The number of halogens is 1. The first-order chi connectivity index (χ1) is 9.56. The normalized spacial score (nSPS) is 12.2. The van der Waals surface area contributed by atoms with Gasteiger partial charge in [-0.3, -0.25) is 9.48 Å². The average molecular weight is 351 g/mol. The molecule has 0 radical (unpaired) electrons. The lowest BCUT2D eigenvalue weighted by molar-refractivity contribution is 0.0992. The van der Waals surface area contributed by atoms with Gasteiger partial charge in [-0.25, -0.2) is 0 Å². The molecule has 0 aliphatic rings. The van der Waals surface area contributed by atoms with Crippen LogP contribution in [0.5, 0.6) is 0 Å². The number of aromatic nitrogens is 3. The lowest BCUT2D eigenvalue weighted by atomic mass is 10.3. The summed E-state index contributed by atoms with van der Waals surface area (Å²) in [5, 5.41) is 4.07. The van der Waals surface area contributed by atoms with E-state index in [-0.39, 0.29) is 5.91 Å². The molecule has 2 heterocycles. The predicted octanol–water partition coefficient (Wildman–Crippen LogP) is 2.48. The van der Waals surface area contributed by atoms with Crippen LogP contribution in [0.3, 0.4) is 0 Å². The van der Waals surface area contributed by atoms with Crippen molar-refractivity contribution >= 4 is 43.4 Å². The number of hydrogen-bond acceptors (Lipinski definition) is 3. The summed E-state index contributed by atoms with van der Waals surface area (Å²) in [7, 11) is 3.67. The monoisotopic (exact) mass is 350 g/mol. The topological polar surface area (TPSA) is 52.2 Å². The highest BCUT2D eigenvalue weighted by Crippen LogP contribution is 2.24. The minimum Gasteiger partial charge on any atom is -0.318 e. The molecule has 3 aromatic rings. The van der Waals surface area contributed by atoms with Crippen molar-refractivity contribution in [2.24, 2.45) is 19.1 Å². The lowest BCUT2D eigenvalue weighted by Crippen LogP contribution is -2.13. The molecule has 0 spiro atoms. The van der Waals surface area contributed by atoms with Crippen LogP contribution in [0.4, 0.5) is 0 Å². The molecule has 0 atom stereocenters. The fraction of sp³-hybridized carbons (Fsp3) is 0.154. The Hall–Kier alpha value is -1.73. The number of para-hydroxylation sites is 1. The van der Waals surface area contributed by atoms with E-state index in [0.717, 1.165) is 14.7 Å². The highest BCUT2D eigenvalue weighted by atomic mass is 79.9. The molecular formula is C13H11BrN4OS. The summed E-state index contributed by atoms with van der Waals surface area (Å²) in [6.45, 7) is 0. The zero-order valence-corrected chi connectivity index (χ0v) is 13.3. The van der Waals surface area contributed by atoms with Crippen LogP contribution in [0.2, 0.25) is 0 Å². The molecule has 0 bridgehead atoms. The molecule has 3 rings (SSSR count). The van der Waals surface area contributed by atoms with E-state index in [0.29, 0.717) is 10.5 Å². The third kappa shape index (κ3) is 2.23. The Labute approximate surface area is 127 Å². The second kappa shape index (κ2) is 4.99. The number of rotatable bonds is 1. The number of aryl methyl sites for hydroxylation is 2. The molecule has 0 unspecified atom stereocenters. The number of nitrogens with zero attached hydrogens (tertiary/aromatic N) is 4. The molecule has 0 saturated heterocycles. The molecule has 0 saturated carbocycles. The van der Waals surface area contributed by atoms with Gasteiger partial charge in [0.2, 0.25) is 0 Å².